The maximum absolute atomic E-state index is 11.0. The number of hydrogen-bond donors (Lipinski definition) is 0. The first-order valence-corrected chi connectivity index (χ1v) is 5.79. The molecule has 0 amide bonds. The SMILES string of the molecule is CC[C@@H](OC(C)=O)[C@@H](OC(C)=O)[C@@H](C)OC(C)=O. The minimum absolute atomic E-state index is 0.448. The molecule has 0 rings (SSSR count). The highest BCUT2D eigenvalue weighted by Crippen LogP contribution is 2.16. The molecule has 3 atom stereocenters. The van der Waals surface area contributed by atoms with Crippen molar-refractivity contribution >= 4 is 17.9 Å². The van der Waals surface area contributed by atoms with Crippen LogP contribution in [-0.2, 0) is 28.6 Å². The fraction of sp³-hybridized carbons (Fsp3) is 0.750. The normalized spacial score (nSPS) is 15.2. The maximum atomic E-state index is 11.0. The molecule has 0 aromatic carbocycles. The smallest absolute Gasteiger partial charge is 0.303 e. The monoisotopic (exact) mass is 260 g/mol. The van der Waals surface area contributed by atoms with E-state index in [2.05, 4.69) is 0 Å². The Kier molecular flexibility index (Phi) is 7.00. The van der Waals surface area contributed by atoms with Gasteiger partial charge in [0.2, 0.25) is 0 Å². The van der Waals surface area contributed by atoms with Gasteiger partial charge < -0.3 is 14.2 Å². The average molecular weight is 260 g/mol. The van der Waals surface area contributed by atoms with Gasteiger partial charge in [0.05, 0.1) is 0 Å². The predicted molar refractivity (Wildman–Crippen MR) is 62.6 cm³/mol. The first-order chi connectivity index (χ1) is 8.27. The van der Waals surface area contributed by atoms with Gasteiger partial charge >= 0.3 is 17.9 Å². The molecular formula is C12H20O6. The second-order valence-electron chi connectivity index (χ2n) is 3.94. The van der Waals surface area contributed by atoms with Crippen molar-refractivity contribution in [1.29, 1.82) is 0 Å². The summed E-state index contributed by atoms with van der Waals surface area (Å²) in [4.78, 5) is 32.9. The fourth-order valence-corrected chi connectivity index (χ4v) is 1.59. The van der Waals surface area contributed by atoms with Gasteiger partial charge in [0.1, 0.15) is 12.2 Å². The Balaban J connectivity index is 4.86. The lowest BCUT2D eigenvalue weighted by atomic mass is 10.1. The average Bonchev–Trinajstić information content (AvgIpc) is 2.21. The van der Waals surface area contributed by atoms with Crippen LogP contribution in [0.4, 0.5) is 0 Å². The van der Waals surface area contributed by atoms with Crippen LogP contribution in [0.2, 0.25) is 0 Å². The summed E-state index contributed by atoms with van der Waals surface area (Å²) < 4.78 is 15.1. The lowest BCUT2D eigenvalue weighted by Gasteiger charge is -2.29. The topological polar surface area (TPSA) is 78.9 Å². The Labute approximate surface area is 107 Å². The third-order valence-corrected chi connectivity index (χ3v) is 2.20. The molecule has 0 N–H and O–H groups in total. The molecule has 6 nitrogen and oxygen atoms in total. The lowest BCUT2D eigenvalue weighted by Crippen LogP contribution is -2.43. The van der Waals surface area contributed by atoms with Gasteiger partial charge in [0.25, 0.3) is 0 Å². The lowest BCUT2D eigenvalue weighted by molar-refractivity contribution is -0.181. The van der Waals surface area contributed by atoms with E-state index in [1.54, 1.807) is 13.8 Å². The summed E-state index contributed by atoms with van der Waals surface area (Å²) in [5.74, 6) is -1.49. The molecule has 6 heteroatoms. The molecule has 0 aliphatic carbocycles. The molecule has 0 fully saturated rings. The molecule has 0 unspecified atom stereocenters. The first kappa shape index (κ1) is 16.4. The van der Waals surface area contributed by atoms with E-state index < -0.39 is 36.2 Å². The second-order valence-corrected chi connectivity index (χ2v) is 3.94. The largest absolute Gasteiger partial charge is 0.459 e. The van der Waals surface area contributed by atoms with Crippen LogP contribution in [0.3, 0.4) is 0 Å². The number of ether oxygens (including phenoxy) is 3. The molecule has 104 valence electrons. The third-order valence-electron chi connectivity index (χ3n) is 2.20. The number of carbonyl (C=O) groups is 3. The minimum atomic E-state index is -0.805. The van der Waals surface area contributed by atoms with E-state index in [0.29, 0.717) is 6.42 Å². The van der Waals surface area contributed by atoms with E-state index in [1.165, 1.54) is 20.8 Å². The van der Waals surface area contributed by atoms with Crippen LogP contribution in [0, 0.1) is 0 Å². The molecular weight excluding hydrogens is 240 g/mol. The Morgan fingerprint density at radius 3 is 1.67 bits per heavy atom. The van der Waals surface area contributed by atoms with Crippen LogP contribution in [0.15, 0.2) is 0 Å². The van der Waals surface area contributed by atoms with Crippen molar-refractivity contribution in [2.24, 2.45) is 0 Å². The van der Waals surface area contributed by atoms with Crippen molar-refractivity contribution in [3.8, 4) is 0 Å². The van der Waals surface area contributed by atoms with Crippen LogP contribution in [-0.4, -0.2) is 36.2 Å². The third kappa shape index (κ3) is 6.22. The molecule has 0 aromatic heterocycles. The van der Waals surface area contributed by atoms with Crippen LogP contribution in [0.1, 0.15) is 41.0 Å². The van der Waals surface area contributed by atoms with E-state index in [1.807, 2.05) is 0 Å². The zero-order valence-electron chi connectivity index (χ0n) is 11.4. The summed E-state index contributed by atoms with van der Waals surface area (Å²) in [6.45, 7) is 7.14. The number of carbonyl (C=O) groups excluding carboxylic acids is 3. The summed E-state index contributed by atoms with van der Waals surface area (Å²) >= 11 is 0. The Hall–Kier alpha value is -1.59. The number of rotatable bonds is 6. The molecule has 0 bridgehead atoms. The predicted octanol–water partition coefficient (Wildman–Crippen LogP) is 1.21. The Bertz CT molecular complexity index is 312. The van der Waals surface area contributed by atoms with Crippen molar-refractivity contribution in [2.75, 3.05) is 0 Å². The molecule has 0 aromatic rings. The molecule has 0 saturated heterocycles. The van der Waals surface area contributed by atoms with Crippen molar-refractivity contribution in [1.82, 2.24) is 0 Å². The van der Waals surface area contributed by atoms with Gasteiger partial charge in [-0.2, -0.15) is 0 Å². The highest BCUT2D eigenvalue weighted by Gasteiger charge is 2.32. The van der Waals surface area contributed by atoms with Gasteiger partial charge in [-0.3, -0.25) is 14.4 Å². The summed E-state index contributed by atoms with van der Waals surface area (Å²) in [5.41, 5.74) is 0. The second kappa shape index (κ2) is 7.68. The molecule has 18 heavy (non-hydrogen) atoms. The Morgan fingerprint density at radius 2 is 1.33 bits per heavy atom. The van der Waals surface area contributed by atoms with Gasteiger partial charge in [0.15, 0.2) is 6.10 Å². The van der Waals surface area contributed by atoms with Crippen molar-refractivity contribution < 1.29 is 28.6 Å². The zero-order chi connectivity index (χ0) is 14.3. The Morgan fingerprint density at radius 1 is 0.889 bits per heavy atom. The summed E-state index contributed by atoms with van der Waals surface area (Å²) in [7, 11) is 0. The molecule has 0 spiro atoms. The summed E-state index contributed by atoms with van der Waals surface area (Å²) in [5, 5.41) is 0. The number of hydrogen-bond acceptors (Lipinski definition) is 6. The molecule has 0 aliphatic rings. The van der Waals surface area contributed by atoms with E-state index >= 15 is 0 Å². The highest BCUT2D eigenvalue weighted by molar-refractivity contribution is 5.68. The standard InChI is InChI=1S/C12H20O6/c1-6-11(17-9(4)14)12(18-10(5)15)7(2)16-8(3)13/h7,11-12H,6H2,1-5H3/t7-,11-,12+/m1/s1. The van der Waals surface area contributed by atoms with Gasteiger partial charge in [-0.1, -0.05) is 6.92 Å². The maximum Gasteiger partial charge on any atom is 0.303 e. The van der Waals surface area contributed by atoms with E-state index in [9.17, 15) is 14.4 Å². The van der Waals surface area contributed by atoms with Crippen LogP contribution in [0.5, 0.6) is 0 Å². The molecule has 0 heterocycles. The van der Waals surface area contributed by atoms with Crippen LogP contribution in [0.25, 0.3) is 0 Å². The minimum Gasteiger partial charge on any atom is -0.459 e. The summed E-state index contributed by atoms with van der Waals surface area (Å²) in [6, 6.07) is 0. The van der Waals surface area contributed by atoms with Crippen molar-refractivity contribution in [3.05, 3.63) is 0 Å². The summed E-state index contributed by atoms with van der Waals surface area (Å²) in [6.07, 6.45) is -1.68. The van der Waals surface area contributed by atoms with Gasteiger partial charge in [-0.05, 0) is 13.3 Å². The number of esters is 3. The quantitative estimate of drug-likeness (QED) is 0.527. The highest BCUT2D eigenvalue weighted by atomic mass is 16.6. The van der Waals surface area contributed by atoms with E-state index in [-0.39, 0.29) is 0 Å². The fourth-order valence-electron chi connectivity index (χ4n) is 1.59. The van der Waals surface area contributed by atoms with Crippen molar-refractivity contribution in [3.63, 3.8) is 0 Å². The molecule has 0 aliphatic heterocycles. The van der Waals surface area contributed by atoms with Crippen LogP contribution < -0.4 is 0 Å². The first-order valence-electron chi connectivity index (χ1n) is 5.79. The zero-order valence-corrected chi connectivity index (χ0v) is 11.4. The van der Waals surface area contributed by atoms with Gasteiger partial charge in [-0.25, -0.2) is 0 Å². The van der Waals surface area contributed by atoms with E-state index in [4.69, 9.17) is 14.2 Å². The molecule has 0 radical (unpaired) electrons. The van der Waals surface area contributed by atoms with Crippen LogP contribution >= 0.6 is 0 Å². The van der Waals surface area contributed by atoms with Gasteiger partial charge in [-0.15, -0.1) is 0 Å². The van der Waals surface area contributed by atoms with E-state index in [0.717, 1.165) is 0 Å². The van der Waals surface area contributed by atoms with Crippen molar-refractivity contribution in [2.45, 2.75) is 59.4 Å². The molecule has 0 saturated carbocycles. The van der Waals surface area contributed by atoms with Gasteiger partial charge in [0, 0.05) is 20.8 Å².